The summed E-state index contributed by atoms with van der Waals surface area (Å²) in [7, 11) is 1.97. The highest BCUT2D eigenvalue weighted by molar-refractivity contribution is 6.08. The number of aromatic nitrogens is 3. The van der Waals surface area contributed by atoms with Gasteiger partial charge >= 0.3 is 0 Å². The molecule has 1 saturated carbocycles. The van der Waals surface area contributed by atoms with Crippen LogP contribution in [0, 0.1) is 12.8 Å². The molecule has 3 aliphatic rings. The minimum absolute atomic E-state index is 0.0500. The third-order valence-corrected chi connectivity index (χ3v) is 11.1. The van der Waals surface area contributed by atoms with E-state index in [9.17, 15) is 13.6 Å². The molecule has 7 rings (SSSR count). The Balaban J connectivity index is 1.23. The zero-order chi connectivity index (χ0) is 34.1. The van der Waals surface area contributed by atoms with E-state index in [4.69, 9.17) is 9.97 Å². The molecule has 4 aromatic rings. The zero-order valence-electron chi connectivity index (χ0n) is 29.0. The van der Waals surface area contributed by atoms with Crippen LogP contribution in [0.15, 0.2) is 48.8 Å². The van der Waals surface area contributed by atoms with E-state index in [2.05, 4.69) is 84.2 Å². The second kappa shape index (κ2) is 12.2. The van der Waals surface area contributed by atoms with Crippen LogP contribution < -0.4 is 15.5 Å². The van der Waals surface area contributed by atoms with Gasteiger partial charge in [0.25, 0.3) is 0 Å². The van der Waals surface area contributed by atoms with Crippen LogP contribution >= 0.6 is 0 Å². The molecule has 2 aromatic heterocycles. The minimum atomic E-state index is -2.27. The maximum atomic E-state index is 13.9. The molecular formula is C38H47F2N7O. The quantitative estimate of drug-likeness (QED) is 0.192. The van der Waals surface area contributed by atoms with Crippen molar-refractivity contribution in [2.24, 2.45) is 5.92 Å². The summed E-state index contributed by atoms with van der Waals surface area (Å²) in [5.74, 6) is 0.280. The van der Waals surface area contributed by atoms with Crippen LogP contribution in [0.4, 0.5) is 26.0 Å². The van der Waals surface area contributed by atoms with Gasteiger partial charge in [0.15, 0.2) is 5.82 Å². The van der Waals surface area contributed by atoms with Crippen molar-refractivity contribution in [3.05, 3.63) is 65.5 Å². The Morgan fingerprint density at radius 2 is 1.79 bits per heavy atom. The fourth-order valence-corrected chi connectivity index (χ4v) is 7.89. The lowest BCUT2D eigenvalue weighted by atomic mass is 9.83. The predicted octanol–water partition coefficient (Wildman–Crippen LogP) is 7.75. The fraction of sp³-hybridized carbons (Fsp3) is 0.500. The number of imidazole rings is 1. The summed E-state index contributed by atoms with van der Waals surface area (Å²) in [5.41, 5.74) is 8.13. The molecule has 0 bridgehead atoms. The maximum absolute atomic E-state index is 13.9. The van der Waals surface area contributed by atoms with Crippen LogP contribution in [-0.4, -0.2) is 64.0 Å². The Labute approximate surface area is 281 Å². The van der Waals surface area contributed by atoms with Crippen molar-refractivity contribution in [2.45, 2.75) is 96.8 Å². The molecule has 10 heteroatoms. The number of nitrogens with zero attached hydrogens (tertiary/aromatic N) is 5. The first kappa shape index (κ1) is 32.6. The van der Waals surface area contributed by atoms with Crippen LogP contribution in [0.3, 0.4) is 0 Å². The summed E-state index contributed by atoms with van der Waals surface area (Å²) in [6.45, 7) is 13.7. The fourth-order valence-electron chi connectivity index (χ4n) is 7.89. The normalized spacial score (nSPS) is 22.9. The second-order valence-corrected chi connectivity index (χ2v) is 14.9. The lowest BCUT2D eigenvalue weighted by Gasteiger charge is -2.46. The highest BCUT2D eigenvalue weighted by Crippen LogP contribution is 2.48. The first-order valence-electron chi connectivity index (χ1n) is 17.3. The second-order valence-electron chi connectivity index (χ2n) is 14.9. The summed E-state index contributed by atoms with van der Waals surface area (Å²) in [6, 6.07) is 15.3. The van der Waals surface area contributed by atoms with Crippen LogP contribution in [-0.2, 0) is 10.2 Å². The van der Waals surface area contributed by atoms with Gasteiger partial charge in [-0.2, -0.15) is 0 Å². The first-order chi connectivity index (χ1) is 22.9. The molecule has 2 fully saturated rings. The standard InChI is InChI=1S/C38H47F2N7O/c1-21(2)46-20-42-32-18-31(44-36(34(32)46)43-26-10-8-22(3)29(15-26)23(4)41-7)24-9-11-30-33(14-24)47(37(48)38(30,5)6)28-16-27(17-28)45-13-12-25(19-45)35(39)40/h8-11,14-15,18,20-21,23,25,27-28,35,41H,12-13,16-17,19H2,1-7H3,(H,43,44)/t23?,25-,27-,28+/m1/s1. The number of amides is 1. The lowest BCUT2D eigenvalue weighted by Crippen LogP contribution is -2.55. The van der Waals surface area contributed by atoms with E-state index in [0.29, 0.717) is 19.5 Å². The van der Waals surface area contributed by atoms with E-state index in [1.54, 1.807) is 0 Å². The average Bonchev–Trinajstić information content (AvgIpc) is 3.74. The van der Waals surface area contributed by atoms with E-state index in [1.807, 2.05) is 38.2 Å². The van der Waals surface area contributed by atoms with Crippen molar-refractivity contribution in [3.63, 3.8) is 0 Å². The largest absolute Gasteiger partial charge is 0.338 e. The molecule has 0 spiro atoms. The van der Waals surface area contributed by atoms with Crippen molar-refractivity contribution >= 4 is 34.1 Å². The van der Waals surface area contributed by atoms with Gasteiger partial charge in [0, 0.05) is 53.6 Å². The number of fused-ring (bicyclic) bond motifs is 2. The van der Waals surface area contributed by atoms with Gasteiger partial charge in [0.1, 0.15) is 5.52 Å². The van der Waals surface area contributed by atoms with Crippen LogP contribution in [0.1, 0.15) is 82.7 Å². The van der Waals surface area contributed by atoms with E-state index >= 15 is 0 Å². The highest BCUT2D eigenvalue weighted by atomic mass is 19.3. The van der Waals surface area contributed by atoms with Gasteiger partial charge in [-0.05, 0) is 115 Å². The lowest BCUT2D eigenvalue weighted by molar-refractivity contribution is -0.123. The van der Waals surface area contributed by atoms with Crippen LogP contribution in [0.2, 0.25) is 0 Å². The number of hydrogen-bond donors (Lipinski definition) is 2. The molecule has 0 radical (unpaired) electrons. The number of carbonyl (C=O) groups excluding carboxylic acids is 1. The third-order valence-electron chi connectivity index (χ3n) is 11.1. The number of benzene rings is 2. The number of pyridine rings is 1. The van der Waals surface area contributed by atoms with Gasteiger partial charge in [-0.25, -0.2) is 18.7 Å². The summed E-state index contributed by atoms with van der Waals surface area (Å²) in [6.07, 6.45) is 1.76. The summed E-state index contributed by atoms with van der Waals surface area (Å²) in [5, 5.41) is 6.98. The van der Waals surface area contributed by atoms with Crippen molar-refractivity contribution in [1.82, 2.24) is 24.8 Å². The maximum Gasteiger partial charge on any atom is 0.242 e. The Bertz CT molecular complexity index is 1860. The van der Waals surface area contributed by atoms with Gasteiger partial charge in [-0.3, -0.25) is 9.69 Å². The molecule has 48 heavy (non-hydrogen) atoms. The number of rotatable bonds is 9. The topological polar surface area (TPSA) is 78.3 Å². The van der Waals surface area contributed by atoms with Gasteiger partial charge in [-0.1, -0.05) is 18.2 Å². The van der Waals surface area contributed by atoms with Crippen molar-refractivity contribution in [2.75, 3.05) is 30.4 Å². The molecule has 8 nitrogen and oxygen atoms in total. The Morgan fingerprint density at radius 3 is 2.48 bits per heavy atom. The molecule has 1 amide bonds. The Morgan fingerprint density at radius 1 is 1.02 bits per heavy atom. The monoisotopic (exact) mass is 655 g/mol. The summed E-state index contributed by atoms with van der Waals surface area (Å²) >= 11 is 0. The number of hydrogen-bond acceptors (Lipinski definition) is 6. The Hall–Kier alpha value is -3.89. The van der Waals surface area contributed by atoms with E-state index in [-0.39, 0.29) is 30.1 Å². The molecule has 1 aliphatic carbocycles. The molecule has 4 heterocycles. The Kier molecular flexibility index (Phi) is 8.31. The third kappa shape index (κ3) is 5.47. The van der Waals surface area contributed by atoms with Crippen molar-refractivity contribution < 1.29 is 13.6 Å². The van der Waals surface area contributed by atoms with Crippen molar-refractivity contribution in [3.8, 4) is 11.3 Å². The smallest absolute Gasteiger partial charge is 0.242 e. The summed E-state index contributed by atoms with van der Waals surface area (Å²) in [4.78, 5) is 28.1. The first-order valence-corrected chi connectivity index (χ1v) is 17.3. The van der Waals surface area contributed by atoms with E-state index < -0.39 is 17.8 Å². The number of nitrogens with one attached hydrogen (secondary N) is 2. The van der Waals surface area contributed by atoms with Crippen LogP contribution in [0.5, 0.6) is 0 Å². The highest BCUT2D eigenvalue weighted by Gasteiger charge is 2.50. The number of anilines is 3. The molecule has 2 aromatic carbocycles. The number of carbonyl (C=O) groups is 1. The average molecular weight is 656 g/mol. The van der Waals surface area contributed by atoms with E-state index in [1.165, 1.54) is 11.1 Å². The number of alkyl halides is 2. The number of likely N-dealkylation sites (tertiary alicyclic amines) is 1. The molecule has 1 saturated heterocycles. The number of halogens is 2. The van der Waals surface area contributed by atoms with Gasteiger partial charge < -0.3 is 20.1 Å². The SMILES string of the molecule is CNC(C)c1cc(Nc2nc(-c3ccc4c(c3)N([C@H]3C[C@@H](N5CC[C@@H](C(F)F)C5)C3)C(=O)C4(C)C)cc3ncn(C(C)C)c23)ccc1C. The van der Waals surface area contributed by atoms with Gasteiger partial charge in [-0.15, -0.1) is 0 Å². The zero-order valence-corrected chi connectivity index (χ0v) is 29.0. The molecule has 1 unspecified atom stereocenters. The van der Waals surface area contributed by atoms with Gasteiger partial charge in [0.2, 0.25) is 12.3 Å². The molecule has 2 N–H and O–H groups in total. The molecule has 2 atom stereocenters. The predicted molar refractivity (Wildman–Crippen MR) is 188 cm³/mol. The molecule has 2 aliphatic heterocycles. The minimum Gasteiger partial charge on any atom is -0.338 e. The molecular weight excluding hydrogens is 608 g/mol. The molecule has 254 valence electrons. The van der Waals surface area contributed by atoms with Crippen LogP contribution in [0.25, 0.3) is 22.3 Å². The van der Waals surface area contributed by atoms with Gasteiger partial charge in [0.05, 0.1) is 23.0 Å². The van der Waals surface area contributed by atoms with E-state index in [0.717, 1.165) is 57.9 Å². The van der Waals surface area contributed by atoms with Crippen molar-refractivity contribution in [1.29, 1.82) is 0 Å². The summed E-state index contributed by atoms with van der Waals surface area (Å²) < 4.78 is 28.8. The number of aryl methyl sites for hydroxylation is 1.